The average Bonchev–Trinajstić information content (AvgIpc) is 2.76. The van der Waals surface area contributed by atoms with Gasteiger partial charge in [0.25, 0.3) is 0 Å². The second-order valence-electron chi connectivity index (χ2n) is 5.24. The minimum Gasteiger partial charge on any atom is -0.481 e. The molecule has 2 rings (SSSR count). The Morgan fingerprint density at radius 2 is 2.00 bits per heavy atom. The second-order valence-corrected chi connectivity index (χ2v) is 5.68. The number of hydrogen-bond donors (Lipinski definition) is 2. The van der Waals surface area contributed by atoms with Gasteiger partial charge in [0.1, 0.15) is 5.82 Å². The van der Waals surface area contributed by atoms with E-state index in [1.54, 1.807) is 0 Å². The van der Waals surface area contributed by atoms with E-state index in [4.69, 9.17) is 16.7 Å². The molecule has 4 nitrogen and oxygen atoms in total. The van der Waals surface area contributed by atoms with Crippen molar-refractivity contribution in [1.82, 2.24) is 0 Å². The average molecular weight is 300 g/mol. The number of anilines is 1. The summed E-state index contributed by atoms with van der Waals surface area (Å²) < 4.78 is 13.6. The first-order chi connectivity index (χ1) is 9.38. The maximum Gasteiger partial charge on any atom is 0.307 e. The fourth-order valence-electron chi connectivity index (χ4n) is 2.67. The Labute approximate surface area is 120 Å². The van der Waals surface area contributed by atoms with Crippen molar-refractivity contribution >= 4 is 29.2 Å². The number of carboxylic acid groups (broad SMARTS) is 1. The van der Waals surface area contributed by atoms with Crippen LogP contribution in [-0.4, -0.2) is 17.0 Å². The minimum atomic E-state index is -0.985. The Hall–Kier alpha value is -1.62. The maximum absolute atomic E-state index is 13.6. The third-order valence-electron chi connectivity index (χ3n) is 3.64. The van der Waals surface area contributed by atoms with Crippen LogP contribution >= 0.6 is 11.6 Å². The number of benzene rings is 1. The highest BCUT2D eigenvalue weighted by molar-refractivity contribution is 6.30. The Morgan fingerprint density at radius 3 is 2.65 bits per heavy atom. The van der Waals surface area contributed by atoms with Crippen molar-refractivity contribution in [1.29, 1.82) is 0 Å². The number of halogens is 2. The minimum absolute atomic E-state index is 0.0220. The number of hydrogen-bond acceptors (Lipinski definition) is 2. The first-order valence-corrected chi connectivity index (χ1v) is 6.75. The topological polar surface area (TPSA) is 66.4 Å². The van der Waals surface area contributed by atoms with Crippen molar-refractivity contribution in [3.8, 4) is 0 Å². The van der Waals surface area contributed by atoms with E-state index in [1.165, 1.54) is 12.1 Å². The molecule has 0 aliphatic heterocycles. The van der Waals surface area contributed by atoms with Gasteiger partial charge in [0.15, 0.2) is 0 Å². The molecule has 2 N–H and O–H groups in total. The summed E-state index contributed by atoms with van der Waals surface area (Å²) in [6.07, 6.45) is 0.955. The predicted octanol–water partition coefficient (Wildman–Crippen LogP) is 3.16. The summed E-state index contributed by atoms with van der Waals surface area (Å²) in [5.74, 6) is -3.24. The van der Waals surface area contributed by atoms with Crippen molar-refractivity contribution in [3.63, 3.8) is 0 Å². The summed E-state index contributed by atoms with van der Waals surface area (Å²) >= 11 is 5.75. The van der Waals surface area contributed by atoms with Gasteiger partial charge >= 0.3 is 5.97 Å². The molecular weight excluding hydrogens is 285 g/mol. The fraction of sp³-hybridized carbons (Fsp3) is 0.429. The number of carbonyl (C=O) groups excluding carboxylic acids is 1. The summed E-state index contributed by atoms with van der Waals surface area (Å²) in [6.45, 7) is 1.91. The van der Waals surface area contributed by atoms with Crippen molar-refractivity contribution in [2.75, 3.05) is 5.32 Å². The summed E-state index contributed by atoms with van der Waals surface area (Å²) in [5, 5.41) is 11.9. The number of amides is 1. The number of rotatable bonds is 3. The normalized spacial score (nSPS) is 25.4. The standard InChI is InChI=1S/C14H15ClFNO3/c1-7-4-9(10(5-7)14(19)20)13(18)17-12-6-8(15)2-3-11(12)16/h2-3,6-7,9-10H,4-5H2,1H3,(H,17,18)(H,19,20). The van der Waals surface area contributed by atoms with E-state index in [2.05, 4.69) is 5.32 Å². The zero-order valence-electron chi connectivity index (χ0n) is 10.9. The Morgan fingerprint density at radius 1 is 1.35 bits per heavy atom. The molecule has 0 aromatic heterocycles. The number of aliphatic carboxylic acids is 1. The van der Waals surface area contributed by atoms with E-state index in [-0.39, 0.29) is 11.6 Å². The molecule has 0 heterocycles. The van der Waals surface area contributed by atoms with Crippen molar-refractivity contribution in [3.05, 3.63) is 29.0 Å². The van der Waals surface area contributed by atoms with Crippen LogP contribution in [0.25, 0.3) is 0 Å². The van der Waals surface area contributed by atoms with Crippen LogP contribution in [0.2, 0.25) is 5.02 Å². The molecule has 0 spiro atoms. The molecule has 1 aliphatic carbocycles. The van der Waals surface area contributed by atoms with Gasteiger partial charge in [-0.15, -0.1) is 0 Å². The van der Waals surface area contributed by atoms with Gasteiger partial charge in [-0.1, -0.05) is 18.5 Å². The van der Waals surface area contributed by atoms with E-state index in [9.17, 15) is 14.0 Å². The number of carboxylic acids is 1. The van der Waals surface area contributed by atoms with Crippen LogP contribution < -0.4 is 5.32 Å². The third-order valence-corrected chi connectivity index (χ3v) is 3.87. The molecule has 3 unspecified atom stereocenters. The molecule has 20 heavy (non-hydrogen) atoms. The highest BCUT2D eigenvalue weighted by atomic mass is 35.5. The lowest BCUT2D eigenvalue weighted by Gasteiger charge is -2.16. The summed E-state index contributed by atoms with van der Waals surface area (Å²) in [6, 6.07) is 3.84. The molecule has 0 bridgehead atoms. The monoisotopic (exact) mass is 299 g/mol. The molecule has 1 aromatic carbocycles. The molecule has 0 saturated heterocycles. The van der Waals surface area contributed by atoms with Crippen molar-refractivity contribution in [2.24, 2.45) is 17.8 Å². The first-order valence-electron chi connectivity index (χ1n) is 6.37. The first kappa shape index (κ1) is 14.8. The van der Waals surface area contributed by atoms with E-state index in [0.29, 0.717) is 17.9 Å². The highest BCUT2D eigenvalue weighted by Crippen LogP contribution is 2.37. The Bertz CT molecular complexity index is 549. The smallest absolute Gasteiger partial charge is 0.307 e. The lowest BCUT2D eigenvalue weighted by molar-refractivity contribution is -0.145. The van der Waals surface area contributed by atoms with Gasteiger partial charge in [-0.3, -0.25) is 9.59 Å². The van der Waals surface area contributed by atoms with Crippen LogP contribution in [0.15, 0.2) is 18.2 Å². The van der Waals surface area contributed by atoms with Crippen molar-refractivity contribution in [2.45, 2.75) is 19.8 Å². The maximum atomic E-state index is 13.6. The molecule has 1 fully saturated rings. The lowest BCUT2D eigenvalue weighted by atomic mass is 9.95. The SMILES string of the molecule is CC1CC(C(=O)O)C(C(=O)Nc2cc(Cl)ccc2F)C1. The summed E-state index contributed by atoms with van der Waals surface area (Å²) in [4.78, 5) is 23.3. The molecule has 6 heteroatoms. The lowest BCUT2D eigenvalue weighted by Crippen LogP contribution is -2.30. The molecule has 1 amide bonds. The van der Waals surface area contributed by atoms with Gasteiger partial charge in [-0.2, -0.15) is 0 Å². The van der Waals surface area contributed by atoms with Crippen LogP contribution in [0.5, 0.6) is 0 Å². The molecule has 1 aliphatic rings. The summed E-state index contributed by atoms with van der Waals surface area (Å²) in [7, 11) is 0. The third kappa shape index (κ3) is 3.10. The number of nitrogens with one attached hydrogen (secondary N) is 1. The van der Waals surface area contributed by atoms with Gasteiger partial charge in [0.2, 0.25) is 5.91 Å². The molecular formula is C14H15ClFNO3. The van der Waals surface area contributed by atoms with Crippen LogP contribution in [0.1, 0.15) is 19.8 Å². The predicted molar refractivity (Wildman–Crippen MR) is 73.1 cm³/mol. The van der Waals surface area contributed by atoms with E-state index >= 15 is 0 Å². The van der Waals surface area contributed by atoms with Crippen LogP contribution in [0.3, 0.4) is 0 Å². The summed E-state index contributed by atoms with van der Waals surface area (Å²) in [5.41, 5.74) is -0.0220. The second kappa shape index (κ2) is 5.79. The van der Waals surface area contributed by atoms with Crippen LogP contribution in [0, 0.1) is 23.6 Å². The van der Waals surface area contributed by atoms with Crippen molar-refractivity contribution < 1.29 is 19.1 Å². The highest BCUT2D eigenvalue weighted by Gasteiger charge is 2.41. The van der Waals surface area contributed by atoms with Gasteiger partial charge < -0.3 is 10.4 Å². The Kier molecular flexibility index (Phi) is 4.28. The van der Waals surface area contributed by atoms with Gasteiger partial charge in [-0.05, 0) is 37.0 Å². The molecule has 1 aromatic rings. The van der Waals surface area contributed by atoms with Gasteiger partial charge in [0.05, 0.1) is 17.5 Å². The quantitative estimate of drug-likeness (QED) is 0.901. The van der Waals surface area contributed by atoms with Gasteiger partial charge in [0, 0.05) is 5.02 Å². The zero-order chi connectivity index (χ0) is 14.9. The van der Waals surface area contributed by atoms with Crippen LogP contribution in [0.4, 0.5) is 10.1 Å². The van der Waals surface area contributed by atoms with E-state index < -0.39 is 29.5 Å². The Balaban J connectivity index is 2.15. The molecule has 3 atom stereocenters. The molecule has 0 radical (unpaired) electrons. The number of carbonyl (C=O) groups is 2. The largest absolute Gasteiger partial charge is 0.481 e. The fourth-order valence-corrected chi connectivity index (χ4v) is 2.85. The van der Waals surface area contributed by atoms with Crippen LogP contribution in [-0.2, 0) is 9.59 Å². The van der Waals surface area contributed by atoms with Gasteiger partial charge in [-0.25, -0.2) is 4.39 Å². The molecule has 1 saturated carbocycles. The van der Waals surface area contributed by atoms with E-state index in [0.717, 1.165) is 6.07 Å². The zero-order valence-corrected chi connectivity index (χ0v) is 11.7. The molecule has 108 valence electrons. The van der Waals surface area contributed by atoms with E-state index in [1.807, 2.05) is 6.92 Å².